The molecule has 0 spiro atoms. The lowest BCUT2D eigenvalue weighted by molar-refractivity contribution is 0.600. The molecule has 1 aromatic carbocycles. The molecule has 6 nitrogen and oxygen atoms in total. The van der Waals surface area contributed by atoms with Crippen LogP contribution in [0.4, 0.5) is 5.69 Å². The summed E-state index contributed by atoms with van der Waals surface area (Å²) in [4.78, 5) is 0.184. The van der Waals surface area contributed by atoms with Crippen LogP contribution in [0.25, 0.3) is 0 Å². The zero-order valence-corrected chi connectivity index (χ0v) is 9.74. The maximum absolute atomic E-state index is 12.1. The summed E-state index contributed by atoms with van der Waals surface area (Å²) in [6, 6.07) is 6.61. The molecule has 4 N–H and O–H groups in total. The molecule has 0 radical (unpaired) electrons. The maximum Gasteiger partial charge on any atom is 0.262 e. The van der Waals surface area contributed by atoms with Gasteiger partial charge < -0.3 is 5.73 Å². The van der Waals surface area contributed by atoms with Crippen molar-refractivity contribution in [3.05, 3.63) is 42.2 Å². The highest BCUT2D eigenvalue weighted by atomic mass is 32.2. The smallest absolute Gasteiger partial charge is 0.262 e. The molecule has 0 aliphatic heterocycles. The minimum atomic E-state index is -3.62. The summed E-state index contributed by atoms with van der Waals surface area (Å²) in [5, 5.41) is 6.20. The van der Waals surface area contributed by atoms with Gasteiger partial charge in [-0.25, -0.2) is 8.42 Å². The van der Waals surface area contributed by atoms with Crippen LogP contribution in [0, 0.1) is 0 Å². The lowest BCUT2D eigenvalue weighted by atomic mass is 10.2. The Morgan fingerprint density at radius 1 is 1.35 bits per heavy atom. The second-order valence-corrected chi connectivity index (χ2v) is 5.06. The van der Waals surface area contributed by atoms with Crippen molar-refractivity contribution in [2.75, 3.05) is 4.72 Å². The minimum Gasteiger partial charge on any atom is -0.326 e. The number of benzene rings is 1. The first kappa shape index (κ1) is 11.6. The van der Waals surface area contributed by atoms with E-state index in [2.05, 4.69) is 14.9 Å². The van der Waals surface area contributed by atoms with Gasteiger partial charge in [-0.3, -0.25) is 9.82 Å². The summed E-state index contributed by atoms with van der Waals surface area (Å²) in [5.41, 5.74) is 6.47. The van der Waals surface area contributed by atoms with Gasteiger partial charge in [0.25, 0.3) is 10.0 Å². The van der Waals surface area contributed by atoms with Crippen molar-refractivity contribution >= 4 is 15.7 Å². The Labute approximate surface area is 98.9 Å². The van der Waals surface area contributed by atoms with Crippen molar-refractivity contribution in [3.63, 3.8) is 0 Å². The van der Waals surface area contributed by atoms with Gasteiger partial charge in [0.15, 0.2) is 0 Å². The third kappa shape index (κ3) is 2.45. The quantitative estimate of drug-likeness (QED) is 0.744. The van der Waals surface area contributed by atoms with E-state index in [1.165, 1.54) is 18.5 Å². The van der Waals surface area contributed by atoms with Crippen molar-refractivity contribution in [3.8, 4) is 0 Å². The molecule has 1 aromatic heterocycles. The third-order valence-electron chi connectivity index (χ3n) is 2.23. The fourth-order valence-corrected chi connectivity index (χ4v) is 2.74. The van der Waals surface area contributed by atoms with Gasteiger partial charge in [0.2, 0.25) is 0 Å². The molecule has 90 valence electrons. The van der Waals surface area contributed by atoms with Gasteiger partial charge in [0.1, 0.15) is 0 Å². The van der Waals surface area contributed by atoms with Gasteiger partial charge >= 0.3 is 0 Å². The first-order valence-corrected chi connectivity index (χ1v) is 6.41. The van der Waals surface area contributed by atoms with Crippen LogP contribution in [-0.2, 0) is 16.6 Å². The largest absolute Gasteiger partial charge is 0.326 e. The number of hydrogen-bond acceptors (Lipinski definition) is 4. The van der Waals surface area contributed by atoms with Crippen LogP contribution >= 0.6 is 0 Å². The Balaban J connectivity index is 2.38. The first-order valence-electron chi connectivity index (χ1n) is 4.93. The van der Waals surface area contributed by atoms with Crippen LogP contribution < -0.4 is 10.5 Å². The number of aromatic nitrogens is 2. The van der Waals surface area contributed by atoms with Gasteiger partial charge in [-0.1, -0.05) is 18.2 Å². The molecular weight excluding hydrogens is 240 g/mol. The van der Waals surface area contributed by atoms with Crippen LogP contribution in [0.3, 0.4) is 0 Å². The van der Waals surface area contributed by atoms with Gasteiger partial charge in [0, 0.05) is 12.7 Å². The summed E-state index contributed by atoms with van der Waals surface area (Å²) < 4.78 is 26.6. The summed E-state index contributed by atoms with van der Waals surface area (Å²) in [5.74, 6) is 0. The van der Waals surface area contributed by atoms with E-state index in [4.69, 9.17) is 5.73 Å². The molecule has 0 aliphatic rings. The van der Waals surface area contributed by atoms with Crippen LogP contribution in [0.1, 0.15) is 5.56 Å². The van der Waals surface area contributed by atoms with E-state index >= 15 is 0 Å². The zero-order valence-electron chi connectivity index (χ0n) is 8.92. The molecule has 0 aliphatic carbocycles. The van der Waals surface area contributed by atoms with E-state index in [0.29, 0.717) is 11.3 Å². The lowest BCUT2D eigenvalue weighted by Crippen LogP contribution is -2.15. The monoisotopic (exact) mass is 252 g/mol. The standard InChI is InChI=1S/C10H12N4O2S/c11-5-8-3-1-2-4-10(8)17(15,16)14-9-6-12-13-7-9/h1-4,6-7,14H,5,11H2,(H,12,13). The summed E-state index contributed by atoms with van der Waals surface area (Å²) >= 11 is 0. The molecule has 0 bridgehead atoms. The Hall–Kier alpha value is -1.86. The second kappa shape index (κ2) is 4.56. The van der Waals surface area contributed by atoms with Crippen LogP contribution in [0.15, 0.2) is 41.6 Å². The number of H-pyrrole nitrogens is 1. The number of aromatic amines is 1. The van der Waals surface area contributed by atoms with Crippen molar-refractivity contribution in [1.29, 1.82) is 0 Å². The van der Waals surface area contributed by atoms with Crippen LogP contribution in [0.2, 0.25) is 0 Å². The predicted molar refractivity (Wildman–Crippen MR) is 63.7 cm³/mol. The van der Waals surface area contributed by atoms with Gasteiger partial charge in [-0.2, -0.15) is 5.10 Å². The van der Waals surface area contributed by atoms with E-state index in [-0.39, 0.29) is 11.4 Å². The molecular formula is C10H12N4O2S. The van der Waals surface area contributed by atoms with Crippen molar-refractivity contribution < 1.29 is 8.42 Å². The van der Waals surface area contributed by atoms with E-state index in [1.54, 1.807) is 18.2 Å². The number of sulfonamides is 1. The topological polar surface area (TPSA) is 101 Å². The van der Waals surface area contributed by atoms with Crippen LogP contribution in [-0.4, -0.2) is 18.6 Å². The normalized spacial score (nSPS) is 11.4. The fraction of sp³-hybridized carbons (Fsp3) is 0.100. The van der Waals surface area contributed by atoms with Crippen molar-refractivity contribution in [1.82, 2.24) is 10.2 Å². The predicted octanol–water partition coefficient (Wildman–Crippen LogP) is 0.669. The fourth-order valence-electron chi connectivity index (χ4n) is 1.45. The molecule has 0 fully saturated rings. The van der Waals surface area contributed by atoms with E-state index in [9.17, 15) is 8.42 Å². The highest BCUT2D eigenvalue weighted by molar-refractivity contribution is 7.92. The third-order valence-corrected chi connectivity index (χ3v) is 3.71. The zero-order chi connectivity index (χ0) is 12.3. The second-order valence-electron chi connectivity index (χ2n) is 3.40. The molecule has 0 saturated heterocycles. The highest BCUT2D eigenvalue weighted by Gasteiger charge is 2.17. The molecule has 7 heteroatoms. The van der Waals surface area contributed by atoms with E-state index in [0.717, 1.165) is 0 Å². The van der Waals surface area contributed by atoms with E-state index < -0.39 is 10.0 Å². The maximum atomic E-state index is 12.1. The average Bonchev–Trinajstić information content (AvgIpc) is 2.81. The highest BCUT2D eigenvalue weighted by Crippen LogP contribution is 2.18. The van der Waals surface area contributed by atoms with Gasteiger partial charge in [-0.15, -0.1) is 0 Å². The Bertz CT molecular complexity index is 593. The Morgan fingerprint density at radius 3 is 2.76 bits per heavy atom. The molecule has 17 heavy (non-hydrogen) atoms. The van der Waals surface area contributed by atoms with Gasteiger partial charge in [0.05, 0.1) is 16.8 Å². The molecule has 2 rings (SSSR count). The number of anilines is 1. The van der Waals surface area contributed by atoms with E-state index in [1.807, 2.05) is 0 Å². The number of nitrogens with zero attached hydrogens (tertiary/aromatic N) is 1. The number of rotatable bonds is 4. The molecule has 2 aromatic rings. The minimum absolute atomic E-state index is 0.169. The SMILES string of the molecule is NCc1ccccc1S(=O)(=O)Nc1cn[nH]c1. The summed E-state index contributed by atoms with van der Waals surface area (Å²) in [6.07, 6.45) is 2.85. The van der Waals surface area contributed by atoms with Crippen LogP contribution in [0.5, 0.6) is 0 Å². The van der Waals surface area contributed by atoms with Crippen molar-refractivity contribution in [2.24, 2.45) is 5.73 Å². The molecule has 0 amide bonds. The number of hydrogen-bond donors (Lipinski definition) is 3. The molecule has 0 unspecified atom stereocenters. The summed E-state index contributed by atoms with van der Waals surface area (Å²) in [6.45, 7) is 0.169. The van der Waals surface area contributed by atoms with Gasteiger partial charge in [-0.05, 0) is 11.6 Å². The Morgan fingerprint density at radius 2 is 2.12 bits per heavy atom. The van der Waals surface area contributed by atoms with Crippen molar-refractivity contribution in [2.45, 2.75) is 11.4 Å². The lowest BCUT2D eigenvalue weighted by Gasteiger charge is -2.09. The Kier molecular flexibility index (Phi) is 3.12. The summed E-state index contributed by atoms with van der Waals surface area (Å²) in [7, 11) is -3.62. The first-order chi connectivity index (χ1) is 8.13. The number of nitrogens with two attached hydrogens (primary N) is 1. The number of nitrogens with one attached hydrogen (secondary N) is 2. The average molecular weight is 252 g/mol. The molecule has 0 atom stereocenters. The molecule has 1 heterocycles. The molecule has 0 saturated carbocycles.